The monoisotopic (exact) mass is 338 g/mol. The summed E-state index contributed by atoms with van der Waals surface area (Å²) in [5.41, 5.74) is 1.03. The summed E-state index contributed by atoms with van der Waals surface area (Å²) in [5, 5.41) is 3.46. The molecule has 1 aromatic carbocycles. The smallest absolute Gasteiger partial charge is 0.191 e. The fourth-order valence-corrected chi connectivity index (χ4v) is 3.64. The van der Waals surface area contributed by atoms with E-state index in [4.69, 9.17) is 14.2 Å². The number of nitrogens with zero attached hydrogens (tertiary/aromatic N) is 1. The number of rotatable bonds is 8. The van der Waals surface area contributed by atoms with Gasteiger partial charge < -0.3 is 24.4 Å². The van der Waals surface area contributed by atoms with E-state index >= 15 is 0 Å². The minimum absolute atomic E-state index is 0.177. The van der Waals surface area contributed by atoms with Gasteiger partial charge in [0.25, 0.3) is 0 Å². The lowest BCUT2D eigenvalue weighted by Crippen LogP contribution is -2.52. The van der Waals surface area contributed by atoms with Crippen LogP contribution in [0.5, 0.6) is 5.75 Å². The fraction of sp³-hybridized carbons (Fsp3) is 0.667. The molecule has 1 aromatic rings. The Morgan fingerprint density at radius 1 is 1.17 bits per heavy atom. The predicted octanol–water partition coefficient (Wildman–Crippen LogP) is 2.54. The molecular formula is C18H27FN2O3. The van der Waals surface area contributed by atoms with Gasteiger partial charge in [0.1, 0.15) is 6.61 Å². The fourth-order valence-electron chi connectivity index (χ4n) is 3.64. The van der Waals surface area contributed by atoms with E-state index in [2.05, 4.69) is 10.2 Å². The molecule has 3 rings (SSSR count). The van der Waals surface area contributed by atoms with Crippen LogP contribution in [0.4, 0.5) is 10.1 Å². The molecule has 2 atom stereocenters. The zero-order valence-electron chi connectivity index (χ0n) is 14.5. The maximum absolute atomic E-state index is 14.1. The van der Waals surface area contributed by atoms with Crippen LogP contribution in [-0.2, 0) is 9.47 Å². The van der Waals surface area contributed by atoms with Crippen LogP contribution in [0.1, 0.15) is 26.7 Å². The molecule has 5 nitrogen and oxygen atoms in total. The molecule has 0 aromatic heterocycles. The van der Waals surface area contributed by atoms with Gasteiger partial charge in [0.15, 0.2) is 17.9 Å². The maximum atomic E-state index is 14.1. The van der Waals surface area contributed by atoms with Crippen molar-refractivity contribution in [2.45, 2.75) is 45.1 Å². The highest BCUT2D eigenvalue weighted by molar-refractivity contribution is 5.54. The molecular weight excluding hydrogens is 311 g/mol. The summed E-state index contributed by atoms with van der Waals surface area (Å²) >= 11 is 0. The van der Waals surface area contributed by atoms with E-state index in [1.165, 1.54) is 18.9 Å². The van der Waals surface area contributed by atoms with E-state index in [1.54, 1.807) is 6.07 Å². The van der Waals surface area contributed by atoms with Gasteiger partial charge >= 0.3 is 0 Å². The average molecular weight is 338 g/mol. The Balaban J connectivity index is 1.70. The first kappa shape index (κ1) is 17.5. The Hall–Kier alpha value is -1.37. The second-order valence-corrected chi connectivity index (χ2v) is 6.22. The van der Waals surface area contributed by atoms with Crippen LogP contribution in [0.15, 0.2) is 18.2 Å². The molecule has 2 saturated heterocycles. The van der Waals surface area contributed by atoms with Gasteiger partial charge in [0.2, 0.25) is 0 Å². The van der Waals surface area contributed by atoms with Crippen molar-refractivity contribution in [3.8, 4) is 5.75 Å². The van der Waals surface area contributed by atoms with Gasteiger partial charge in [-0.15, -0.1) is 0 Å². The van der Waals surface area contributed by atoms with Gasteiger partial charge in [-0.25, -0.2) is 4.39 Å². The second-order valence-electron chi connectivity index (χ2n) is 6.22. The van der Waals surface area contributed by atoms with Crippen LogP contribution < -0.4 is 15.0 Å². The number of nitrogens with one attached hydrogen (secondary N) is 1. The zero-order valence-corrected chi connectivity index (χ0v) is 14.5. The van der Waals surface area contributed by atoms with E-state index in [0.29, 0.717) is 25.3 Å². The first-order valence-electron chi connectivity index (χ1n) is 8.87. The number of fused-ring (bicyclic) bond motifs is 2. The van der Waals surface area contributed by atoms with Crippen LogP contribution in [-0.4, -0.2) is 51.3 Å². The number of piperazine rings is 1. The third-order valence-corrected chi connectivity index (χ3v) is 4.67. The molecule has 1 N–H and O–H groups in total. The zero-order chi connectivity index (χ0) is 16.9. The number of hydrogen-bond donors (Lipinski definition) is 1. The highest BCUT2D eigenvalue weighted by Gasteiger charge is 2.36. The van der Waals surface area contributed by atoms with Gasteiger partial charge in [0.05, 0.1) is 0 Å². The second kappa shape index (κ2) is 8.14. The number of anilines is 1. The minimum Gasteiger partial charge on any atom is -0.485 e. The molecule has 2 aliphatic heterocycles. The summed E-state index contributed by atoms with van der Waals surface area (Å²) in [6.45, 7) is 7.00. The van der Waals surface area contributed by atoms with E-state index in [0.717, 1.165) is 18.8 Å². The normalized spacial score (nSPS) is 23.1. The Labute approximate surface area is 143 Å². The van der Waals surface area contributed by atoms with E-state index in [9.17, 15) is 4.39 Å². The molecule has 0 amide bonds. The Morgan fingerprint density at radius 2 is 1.83 bits per heavy atom. The Morgan fingerprint density at radius 3 is 2.46 bits per heavy atom. The first-order valence-corrected chi connectivity index (χ1v) is 8.87. The third-order valence-electron chi connectivity index (χ3n) is 4.67. The van der Waals surface area contributed by atoms with Crippen LogP contribution in [0.2, 0.25) is 0 Å². The van der Waals surface area contributed by atoms with Crippen LogP contribution in [0.25, 0.3) is 0 Å². The molecule has 0 saturated carbocycles. The molecule has 0 radical (unpaired) electrons. The molecule has 24 heavy (non-hydrogen) atoms. The van der Waals surface area contributed by atoms with Crippen molar-refractivity contribution in [1.82, 2.24) is 5.32 Å². The van der Waals surface area contributed by atoms with E-state index in [-0.39, 0.29) is 18.2 Å². The van der Waals surface area contributed by atoms with Gasteiger partial charge in [-0.2, -0.15) is 0 Å². The molecule has 2 fully saturated rings. The van der Waals surface area contributed by atoms with E-state index in [1.807, 2.05) is 19.9 Å². The van der Waals surface area contributed by atoms with Crippen molar-refractivity contribution in [3.05, 3.63) is 24.0 Å². The van der Waals surface area contributed by atoms with Crippen molar-refractivity contribution in [1.29, 1.82) is 0 Å². The van der Waals surface area contributed by atoms with Crippen molar-refractivity contribution in [3.63, 3.8) is 0 Å². The van der Waals surface area contributed by atoms with Gasteiger partial charge in [-0.1, -0.05) is 0 Å². The summed E-state index contributed by atoms with van der Waals surface area (Å²) in [7, 11) is 0. The minimum atomic E-state index is -0.474. The largest absolute Gasteiger partial charge is 0.485 e. The summed E-state index contributed by atoms with van der Waals surface area (Å²) in [6.07, 6.45) is 1.89. The van der Waals surface area contributed by atoms with Gasteiger partial charge in [0, 0.05) is 50.1 Å². The predicted molar refractivity (Wildman–Crippen MR) is 91.1 cm³/mol. The van der Waals surface area contributed by atoms with E-state index < -0.39 is 6.29 Å². The quantitative estimate of drug-likeness (QED) is 0.738. The molecule has 134 valence electrons. The molecule has 0 aliphatic carbocycles. The van der Waals surface area contributed by atoms with Crippen molar-refractivity contribution in [2.24, 2.45) is 0 Å². The lowest BCUT2D eigenvalue weighted by atomic mass is 10.1. The number of halogens is 1. The molecule has 6 heteroatoms. The van der Waals surface area contributed by atoms with Crippen LogP contribution in [0, 0.1) is 5.82 Å². The Bertz CT molecular complexity index is 521. The van der Waals surface area contributed by atoms with Crippen molar-refractivity contribution in [2.75, 3.05) is 37.8 Å². The molecule has 2 heterocycles. The Kier molecular flexibility index (Phi) is 5.92. The number of hydrogen-bond acceptors (Lipinski definition) is 5. The van der Waals surface area contributed by atoms with Crippen LogP contribution >= 0.6 is 0 Å². The average Bonchev–Trinajstić information content (AvgIpc) is 2.83. The highest BCUT2D eigenvalue weighted by Crippen LogP contribution is 2.35. The summed E-state index contributed by atoms with van der Waals surface area (Å²) in [6, 6.07) is 6.12. The lowest BCUT2D eigenvalue weighted by Gasteiger charge is -2.37. The maximum Gasteiger partial charge on any atom is 0.191 e. The molecule has 0 spiro atoms. The third kappa shape index (κ3) is 3.82. The standard InChI is InChI=1S/C18H27FN2O3/c1-3-22-18(23-4-2)12-24-17-9-13(7-8-16(17)19)21-14-5-6-15(21)11-20-10-14/h7-9,14-15,18,20H,3-6,10-12H2,1-2H3. The summed E-state index contributed by atoms with van der Waals surface area (Å²) in [4.78, 5) is 2.41. The topological polar surface area (TPSA) is 43.0 Å². The first-order chi connectivity index (χ1) is 11.7. The summed E-state index contributed by atoms with van der Waals surface area (Å²) < 4.78 is 30.7. The summed E-state index contributed by atoms with van der Waals surface area (Å²) in [5.74, 6) is -0.0946. The SMILES string of the molecule is CCOC(COc1cc(N2C3CCC2CNC3)ccc1F)OCC. The molecule has 2 bridgehead atoms. The number of benzene rings is 1. The van der Waals surface area contributed by atoms with Crippen molar-refractivity contribution < 1.29 is 18.6 Å². The molecule has 2 unspecified atom stereocenters. The highest BCUT2D eigenvalue weighted by atomic mass is 19.1. The lowest BCUT2D eigenvalue weighted by molar-refractivity contribution is -0.152. The van der Waals surface area contributed by atoms with Crippen molar-refractivity contribution >= 4 is 5.69 Å². The molecule has 2 aliphatic rings. The van der Waals surface area contributed by atoms with Gasteiger partial charge in [-0.05, 0) is 38.8 Å². The van der Waals surface area contributed by atoms with Gasteiger partial charge in [-0.3, -0.25) is 0 Å². The number of ether oxygens (including phenoxy) is 3. The van der Waals surface area contributed by atoms with Crippen LogP contribution in [0.3, 0.4) is 0 Å².